The molecule has 0 unspecified atom stereocenters. The van der Waals surface area contributed by atoms with Gasteiger partial charge in [-0.15, -0.1) is 0 Å². The van der Waals surface area contributed by atoms with Crippen molar-refractivity contribution >= 4 is 26.0 Å². The van der Waals surface area contributed by atoms with Crippen molar-refractivity contribution in [3.8, 4) is 0 Å². The molecule has 7 heteroatoms. The van der Waals surface area contributed by atoms with Crippen LogP contribution in [0.3, 0.4) is 0 Å². The average molecular weight is 342 g/mol. The summed E-state index contributed by atoms with van der Waals surface area (Å²) < 4.78 is 52.2. The Kier molecular flexibility index (Phi) is 4.85. The van der Waals surface area contributed by atoms with Crippen molar-refractivity contribution in [3.63, 3.8) is 0 Å². The fourth-order valence-corrected chi connectivity index (χ4v) is 3.80. The summed E-state index contributed by atoms with van der Waals surface area (Å²) in [6.45, 7) is 3.43. The summed E-state index contributed by atoms with van der Waals surface area (Å²) in [5, 5.41) is 0.625. The number of halogens is 3. The molecular formula is C11H14BrF2NO2S. The number of benzene rings is 1. The van der Waals surface area contributed by atoms with Crippen LogP contribution in [0.15, 0.2) is 23.1 Å². The Bertz CT molecular complexity index is 532. The standard InChI is InChI=1S/C11H14BrF2NO2S/c1-11(2,5-6-12)15-18(16,17)8-3-4-9(13)10(14)7-8/h3-4,7,15H,5-6H2,1-2H3. The van der Waals surface area contributed by atoms with Gasteiger partial charge in [0.05, 0.1) is 4.90 Å². The van der Waals surface area contributed by atoms with E-state index in [0.717, 1.165) is 12.1 Å². The van der Waals surface area contributed by atoms with Gasteiger partial charge in [-0.25, -0.2) is 21.9 Å². The number of rotatable bonds is 5. The molecule has 18 heavy (non-hydrogen) atoms. The Morgan fingerprint density at radius 1 is 1.28 bits per heavy atom. The smallest absolute Gasteiger partial charge is 0.207 e. The van der Waals surface area contributed by atoms with Crippen LogP contribution in [-0.4, -0.2) is 19.3 Å². The third-order valence-corrected chi connectivity index (χ3v) is 4.42. The third-order valence-electron chi connectivity index (χ3n) is 2.33. The van der Waals surface area contributed by atoms with Gasteiger partial charge in [-0.2, -0.15) is 0 Å². The van der Waals surface area contributed by atoms with E-state index in [2.05, 4.69) is 20.7 Å². The van der Waals surface area contributed by atoms with Crippen molar-refractivity contribution in [1.29, 1.82) is 0 Å². The molecule has 3 nitrogen and oxygen atoms in total. The number of alkyl halides is 1. The van der Waals surface area contributed by atoms with E-state index in [1.807, 2.05) is 0 Å². The van der Waals surface area contributed by atoms with Gasteiger partial charge in [0.2, 0.25) is 10.0 Å². The van der Waals surface area contributed by atoms with Crippen LogP contribution in [0.25, 0.3) is 0 Å². The van der Waals surface area contributed by atoms with Crippen molar-refractivity contribution in [3.05, 3.63) is 29.8 Å². The normalized spacial score (nSPS) is 12.7. The summed E-state index contributed by atoms with van der Waals surface area (Å²) in [5.41, 5.74) is -0.673. The molecule has 1 rings (SSSR count). The summed E-state index contributed by atoms with van der Waals surface area (Å²) in [7, 11) is -3.86. The Labute approximate surface area is 114 Å². The van der Waals surface area contributed by atoms with E-state index in [4.69, 9.17) is 0 Å². The maximum Gasteiger partial charge on any atom is 0.241 e. The van der Waals surface area contributed by atoms with Gasteiger partial charge in [-0.3, -0.25) is 0 Å². The Balaban J connectivity index is 3.03. The van der Waals surface area contributed by atoms with Gasteiger partial charge >= 0.3 is 0 Å². The number of sulfonamides is 1. The fraction of sp³-hybridized carbons (Fsp3) is 0.455. The van der Waals surface area contributed by atoms with Crippen LogP contribution in [-0.2, 0) is 10.0 Å². The van der Waals surface area contributed by atoms with Crippen LogP contribution in [0.4, 0.5) is 8.78 Å². The number of hydrogen-bond acceptors (Lipinski definition) is 2. The minimum Gasteiger partial charge on any atom is -0.207 e. The Morgan fingerprint density at radius 2 is 1.89 bits per heavy atom. The molecule has 0 amide bonds. The first kappa shape index (κ1) is 15.5. The van der Waals surface area contributed by atoms with E-state index in [1.54, 1.807) is 13.8 Å². The minimum atomic E-state index is -3.86. The molecule has 1 aromatic carbocycles. The fourth-order valence-electron chi connectivity index (χ4n) is 1.35. The van der Waals surface area contributed by atoms with Crippen molar-refractivity contribution < 1.29 is 17.2 Å². The molecule has 0 aliphatic rings. The van der Waals surface area contributed by atoms with Crippen LogP contribution >= 0.6 is 15.9 Å². The SMILES string of the molecule is CC(C)(CCBr)NS(=O)(=O)c1ccc(F)c(F)c1. The van der Waals surface area contributed by atoms with E-state index >= 15 is 0 Å². The quantitative estimate of drug-likeness (QED) is 0.837. The molecule has 0 spiro atoms. The van der Waals surface area contributed by atoms with Crippen LogP contribution < -0.4 is 4.72 Å². The van der Waals surface area contributed by atoms with E-state index < -0.39 is 27.2 Å². The molecule has 1 aromatic rings. The summed E-state index contributed by atoms with van der Waals surface area (Å²) in [5.74, 6) is -2.26. The van der Waals surface area contributed by atoms with E-state index in [9.17, 15) is 17.2 Å². The number of hydrogen-bond donors (Lipinski definition) is 1. The van der Waals surface area contributed by atoms with Crippen molar-refractivity contribution in [2.75, 3.05) is 5.33 Å². The molecule has 0 aliphatic heterocycles. The number of nitrogens with one attached hydrogen (secondary N) is 1. The lowest BCUT2D eigenvalue weighted by Crippen LogP contribution is -2.43. The second-order valence-corrected chi connectivity index (χ2v) is 6.98. The second-order valence-electron chi connectivity index (χ2n) is 4.50. The average Bonchev–Trinajstić information content (AvgIpc) is 2.20. The largest absolute Gasteiger partial charge is 0.241 e. The molecule has 0 radical (unpaired) electrons. The lowest BCUT2D eigenvalue weighted by Gasteiger charge is -2.25. The van der Waals surface area contributed by atoms with Gasteiger partial charge in [-0.05, 0) is 38.5 Å². The molecule has 0 fully saturated rings. The highest BCUT2D eigenvalue weighted by Crippen LogP contribution is 2.18. The Morgan fingerprint density at radius 3 is 2.39 bits per heavy atom. The van der Waals surface area contributed by atoms with E-state index in [0.29, 0.717) is 17.8 Å². The summed E-state index contributed by atoms with van der Waals surface area (Å²) in [6, 6.07) is 2.49. The van der Waals surface area contributed by atoms with Gasteiger partial charge in [0.1, 0.15) is 0 Å². The van der Waals surface area contributed by atoms with Crippen LogP contribution in [0.1, 0.15) is 20.3 Å². The molecule has 0 heterocycles. The van der Waals surface area contributed by atoms with Gasteiger partial charge in [0, 0.05) is 10.9 Å². The van der Waals surface area contributed by atoms with Gasteiger partial charge < -0.3 is 0 Å². The molecule has 1 N–H and O–H groups in total. The summed E-state index contributed by atoms with van der Waals surface area (Å²) in [6.07, 6.45) is 0.565. The van der Waals surface area contributed by atoms with Crippen LogP contribution in [0.5, 0.6) is 0 Å². The maximum absolute atomic E-state index is 13.0. The van der Waals surface area contributed by atoms with Crippen LogP contribution in [0.2, 0.25) is 0 Å². The zero-order valence-corrected chi connectivity index (χ0v) is 12.4. The van der Waals surface area contributed by atoms with Crippen molar-refractivity contribution in [1.82, 2.24) is 4.72 Å². The third kappa shape index (κ3) is 4.00. The first-order valence-corrected chi connectivity index (χ1v) is 7.83. The molecule has 102 valence electrons. The molecule has 0 aromatic heterocycles. The van der Waals surface area contributed by atoms with Gasteiger partial charge in [-0.1, -0.05) is 15.9 Å². The van der Waals surface area contributed by atoms with Gasteiger partial charge in [0.15, 0.2) is 11.6 Å². The summed E-state index contributed by atoms with van der Waals surface area (Å²) in [4.78, 5) is -0.288. The summed E-state index contributed by atoms with van der Waals surface area (Å²) >= 11 is 3.23. The zero-order chi connectivity index (χ0) is 14.0. The monoisotopic (exact) mass is 341 g/mol. The van der Waals surface area contributed by atoms with Crippen LogP contribution in [0, 0.1) is 11.6 Å². The highest BCUT2D eigenvalue weighted by atomic mass is 79.9. The predicted octanol–water partition coefficient (Wildman–Crippen LogP) is 2.81. The molecule has 0 saturated carbocycles. The molecule has 0 saturated heterocycles. The zero-order valence-electron chi connectivity index (χ0n) is 10.0. The predicted molar refractivity (Wildman–Crippen MR) is 69.2 cm³/mol. The maximum atomic E-state index is 13.0. The molecule has 0 atom stereocenters. The topological polar surface area (TPSA) is 46.2 Å². The van der Waals surface area contributed by atoms with Crippen molar-refractivity contribution in [2.24, 2.45) is 0 Å². The van der Waals surface area contributed by atoms with Gasteiger partial charge in [0.25, 0.3) is 0 Å². The second kappa shape index (κ2) is 5.63. The molecule has 0 aliphatic carbocycles. The van der Waals surface area contributed by atoms with E-state index in [-0.39, 0.29) is 4.90 Å². The van der Waals surface area contributed by atoms with Crippen molar-refractivity contribution in [2.45, 2.75) is 30.7 Å². The molecule has 0 bridgehead atoms. The first-order chi connectivity index (χ1) is 8.18. The lowest BCUT2D eigenvalue weighted by atomic mass is 10.0. The highest BCUT2D eigenvalue weighted by Gasteiger charge is 2.26. The van der Waals surface area contributed by atoms with E-state index in [1.165, 1.54) is 0 Å². The Hall–Kier alpha value is -0.530. The first-order valence-electron chi connectivity index (χ1n) is 5.23. The minimum absolute atomic E-state index is 0.288. The highest BCUT2D eigenvalue weighted by molar-refractivity contribution is 9.09. The lowest BCUT2D eigenvalue weighted by molar-refractivity contribution is 0.443. The molecular weight excluding hydrogens is 328 g/mol.